The van der Waals surface area contributed by atoms with Gasteiger partial charge in [0.2, 0.25) is 0 Å². The summed E-state index contributed by atoms with van der Waals surface area (Å²) >= 11 is 0. The molecule has 3 nitrogen and oxygen atoms in total. The third kappa shape index (κ3) is 2.04. The predicted molar refractivity (Wildman–Crippen MR) is 44.9 cm³/mol. The molecular weight excluding hydrogens is 138 g/mol. The standard InChI is InChI=1S/C8H11N3/c1-3-4-5-6-8-7-9-10-11(8)2/h3-7H,1-2H3/b4-3-,6-5-. The maximum atomic E-state index is 3.79. The maximum Gasteiger partial charge on any atom is 0.0809 e. The van der Waals surface area contributed by atoms with Gasteiger partial charge in [0.25, 0.3) is 0 Å². The van der Waals surface area contributed by atoms with E-state index in [1.165, 1.54) is 0 Å². The van der Waals surface area contributed by atoms with Crippen molar-refractivity contribution in [1.82, 2.24) is 15.0 Å². The first-order valence-corrected chi connectivity index (χ1v) is 3.48. The third-order valence-corrected chi connectivity index (χ3v) is 1.32. The Labute approximate surface area is 66.0 Å². The summed E-state index contributed by atoms with van der Waals surface area (Å²) in [5.41, 5.74) is 1.00. The van der Waals surface area contributed by atoms with E-state index < -0.39 is 0 Å². The monoisotopic (exact) mass is 149 g/mol. The van der Waals surface area contributed by atoms with E-state index in [1.807, 2.05) is 38.3 Å². The molecule has 0 bridgehead atoms. The summed E-state index contributed by atoms with van der Waals surface area (Å²) in [4.78, 5) is 0. The van der Waals surface area contributed by atoms with Crippen molar-refractivity contribution in [1.29, 1.82) is 0 Å². The molecule has 0 atom stereocenters. The molecule has 3 heteroatoms. The highest BCUT2D eigenvalue weighted by Crippen LogP contribution is 1.96. The van der Waals surface area contributed by atoms with Crippen molar-refractivity contribution in [3.63, 3.8) is 0 Å². The molecule has 1 rings (SSSR count). The minimum atomic E-state index is 1.00. The average molecular weight is 149 g/mol. The molecule has 1 aromatic heterocycles. The number of hydrogen-bond acceptors (Lipinski definition) is 2. The van der Waals surface area contributed by atoms with Crippen LogP contribution in [0.25, 0.3) is 6.08 Å². The van der Waals surface area contributed by atoms with Crippen molar-refractivity contribution in [3.05, 3.63) is 30.1 Å². The van der Waals surface area contributed by atoms with Crippen LogP contribution in [0.4, 0.5) is 0 Å². The Kier molecular flexibility index (Phi) is 2.60. The van der Waals surface area contributed by atoms with Gasteiger partial charge in [0, 0.05) is 7.05 Å². The molecule has 0 aliphatic carbocycles. The van der Waals surface area contributed by atoms with Crippen molar-refractivity contribution < 1.29 is 0 Å². The molecule has 1 aromatic rings. The molecule has 0 saturated carbocycles. The molecule has 0 radical (unpaired) electrons. The summed E-state index contributed by atoms with van der Waals surface area (Å²) in [5.74, 6) is 0. The van der Waals surface area contributed by atoms with Gasteiger partial charge in [-0.15, -0.1) is 5.10 Å². The summed E-state index contributed by atoms with van der Waals surface area (Å²) < 4.78 is 1.72. The van der Waals surface area contributed by atoms with Crippen molar-refractivity contribution >= 4 is 6.08 Å². The van der Waals surface area contributed by atoms with Crippen molar-refractivity contribution in [2.45, 2.75) is 6.92 Å². The van der Waals surface area contributed by atoms with Crippen LogP contribution >= 0.6 is 0 Å². The molecule has 0 aliphatic heterocycles. The van der Waals surface area contributed by atoms with Gasteiger partial charge in [0.1, 0.15) is 0 Å². The van der Waals surface area contributed by atoms with Crippen molar-refractivity contribution in [3.8, 4) is 0 Å². The Morgan fingerprint density at radius 2 is 2.27 bits per heavy atom. The van der Waals surface area contributed by atoms with Crippen LogP contribution in [0.1, 0.15) is 12.6 Å². The third-order valence-electron chi connectivity index (χ3n) is 1.32. The van der Waals surface area contributed by atoms with E-state index in [4.69, 9.17) is 0 Å². The summed E-state index contributed by atoms with van der Waals surface area (Å²) in [5, 5.41) is 7.52. The Morgan fingerprint density at radius 1 is 1.45 bits per heavy atom. The second-order valence-corrected chi connectivity index (χ2v) is 2.17. The second kappa shape index (κ2) is 3.71. The van der Waals surface area contributed by atoms with Gasteiger partial charge in [-0.05, 0) is 13.0 Å². The summed E-state index contributed by atoms with van der Waals surface area (Å²) in [6, 6.07) is 0. The lowest BCUT2D eigenvalue weighted by molar-refractivity contribution is 0.709. The molecule has 0 aromatic carbocycles. The number of aromatic nitrogens is 3. The molecule has 11 heavy (non-hydrogen) atoms. The van der Waals surface area contributed by atoms with E-state index in [9.17, 15) is 0 Å². The molecule has 0 aliphatic rings. The van der Waals surface area contributed by atoms with Crippen LogP contribution < -0.4 is 0 Å². The highest BCUT2D eigenvalue weighted by Gasteiger charge is 1.90. The summed E-state index contributed by atoms with van der Waals surface area (Å²) in [7, 11) is 1.86. The van der Waals surface area contributed by atoms with Crippen LogP contribution in [0.2, 0.25) is 0 Å². The minimum Gasteiger partial charge on any atom is -0.248 e. The zero-order valence-corrected chi connectivity index (χ0v) is 6.73. The van der Waals surface area contributed by atoms with Crippen LogP contribution in [0.5, 0.6) is 0 Å². The molecule has 0 spiro atoms. The van der Waals surface area contributed by atoms with Gasteiger partial charge in [-0.3, -0.25) is 0 Å². The van der Waals surface area contributed by atoms with E-state index in [0.717, 1.165) is 5.69 Å². The minimum absolute atomic E-state index is 1.00. The maximum absolute atomic E-state index is 3.79. The van der Waals surface area contributed by atoms with E-state index >= 15 is 0 Å². The van der Waals surface area contributed by atoms with E-state index in [0.29, 0.717) is 0 Å². The fraction of sp³-hybridized carbons (Fsp3) is 0.250. The lowest BCUT2D eigenvalue weighted by Crippen LogP contribution is -1.92. The van der Waals surface area contributed by atoms with Gasteiger partial charge in [0.15, 0.2) is 0 Å². The molecule has 1 heterocycles. The van der Waals surface area contributed by atoms with E-state index in [2.05, 4.69) is 10.3 Å². The zero-order valence-electron chi connectivity index (χ0n) is 6.73. The Morgan fingerprint density at radius 3 is 2.82 bits per heavy atom. The number of nitrogens with zero attached hydrogens (tertiary/aromatic N) is 3. The van der Waals surface area contributed by atoms with Crippen molar-refractivity contribution in [2.24, 2.45) is 7.05 Å². The first-order chi connectivity index (χ1) is 5.34. The first-order valence-electron chi connectivity index (χ1n) is 3.48. The van der Waals surface area contributed by atoms with Crippen molar-refractivity contribution in [2.75, 3.05) is 0 Å². The lowest BCUT2D eigenvalue weighted by atomic mass is 10.4. The van der Waals surface area contributed by atoms with Crippen LogP contribution in [0.3, 0.4) is 0 Å². The molecule has 0 saturated heterocycles. The first kappa shape index (κ1) is 7.72. The SMILES string of the molecule is C/C=C\C=C/c1cnnn1C. The van der Waals surface area contributed by atoms with Crippen LogP contribution in [0, 0.1) is 0 Å². The Bertz CT molecular complexity index is 271. The van der Waals surface area contributed by atoms with Gasteiger partial charge < -0.3 is 0 Å². The molecular formula is C8H11N3. The van der Waals surface area contributed by atoms with E-state index in [1.54, 1.807) is 10.9 Å². The fourth-order valence-corrected chi connectivity index (χ4v) is 0.714. The van der Waals surface area contributed by atoms with Gasteiger partial charge in [-0.1, -0.05) is 23.4 Å². The van der Waals surface area contributed by atoms with Crippen LogP contribution in [0.15, 0.2) is 24.4 Å². The highest BCUT2D eigenvalue weighted by atomic mass is 15.4. The second-order valence-electron chi connectivity index (χ2n) is 2.17. The molecule has 0 fully saturated rings. The Hall–Kier alpha value is -1.38. The molecule has 0 unspecified atom stereocenters. The normalized spacial score (nSPS) is 11.8. The number of aryl methyl sites for hydroxylation is 1. The van der Waals surface area contributed by atoms with Gasteiger partial charge in [-0.2, -0.15) is 0 Å². The molecule has 0 N–H and O–H groups in total. The zero-order chi connectivity index (χ0) is 8.10. The molecule has 0 amide bonds. The average Bonchev–Trinajstić information content (AvgIpc) is 2.37. The fourth-order valence-electron chi connectivity index (χ4n) is 0.714. The predicted octanol–water partition coefficient (Wildman–Crippen LogP) is 1.40. The van der Waals surface area contributed by atoms with Crippen LogP contribution in [-0.2, 0) is 7.05 Å². The largest absolute Gasteiger partial charge is 0.248 e. The van der Waals surface area contributed by atoms with Gasteiger partial charge >= 0.3 is 0 Å². The number of rotatable bonds is 2. The number of allylic oxidation sites excluding steroid dienone is 3. The molecule has 58 valence electrons. The van der Waals surface area contributed by atoms with E-state index in [-0.39, 0.29) is 0 Å². The quantitative estimate of drug-likeness (QED) is 0.595. The van der Waals surface area contributed by atoms with Crippen LogP contribution in [-0.4, -0.2) is 15.0 Å². The van der Waals surface area contributed by atoms with Gasteiger partial charge in [0.05, 0.1) is 11.9 Å². The van der Waals surface area contributed by atoms with Gasteiger partial charge in [-0.25, -0.2) is 4.68 Å². The lowest BCUT2D eigenvalue weighted by Gasteiger charge is -1.88. The smallest absolute Gasteiger partial charge is 0.0809 e. The summed E-state index contributed by atoms with van der Waals surface area (Å²) in [6.45, 7) is 1.98. The Balaban J connectivity index is 2.71. The topological polar surface area (TPSA) is 30.7 Å². The number of hydrogen-bond donors (Lipinski definition) is 0. The highest BCUT2D eigenvalue weighted by molar-refractivity contribution is 5.45. The summed E-state index contributed by atoms with van der Waals surface area (Å²) in [6.07, 6.45) is 9.58.